The fourth-order valence-electron chi connectivity index (χ4n) is 1.57. The van der Waals surface area contributed by atoms with E-state index in [1.165, 1.54) is 0 Å². The molecular formula is C13H13Cl2NO. The van der Waals surface area contributed by atoms with Crippen LogP contribution in [0.2, 0.25) is 10.0 Å². The highest BCUT2D eigenvalue weighted by molar-refractivity contribution is 6.35. The van der Waals surface area contributed by atoms with Gasteiger partial charge in [-0.25, -0.2) is 0 Å². The number of hydrogen-bond donors (Lipinski definition) is 1. The predicted octanol–water partition coefficient (Wildman–Crippen LogP) is 3.92. The molecule has 0 radical (unpaired) electrons. The lowest BCUT2D eigenvalue weighted by molar-refractivity contribution is 0.484. The van der Waals surface area contributed by atoms with E-state index in [0.29, 0.717) is 5.02 Å². The molecule has 0 fully saturated rings. The molecule has 1 N–H and O–H groups in total. The fourth-order valence-corrected chi connectivity index (χ4v) is 2.08. The summed E-state index contributed by atoms with van der Waals surface area (Å²) in [6.07, 6.45) is 2.55. The molecule has 2 rings (SSSR count). The first-order chi connectivity index (χ1) is 8.25. The monoisotopic (exact) mass is 269 g/mol. The molecule has 0 saturated carbocycles. The third kappa shape index (κ3) is 3.77. The Morgan fingerprint density at radius 3 is 2.76 bits per heavy atom. The van der Waals surface area contributed by atoms with Crippen LogP contribution < -0.4 is 5.32 Å². The zero-order valence-corrected chi connectivity index (χ0v) is 10.8. The van der Waals surface area contributed by atoms with Crippen molar-refractivity contribution in [2.45, 2.75) is 13.0 Å². The van der Waals surface area contributed by atoms with Crippen LogP contribution >= 0.6 is 23.2 Å². The van der Waals surface area contributed by atoms with Crippen LogP contribution in [-0.4, -0.2) is 6.54 Å². The van der Waals surface area contributed by atoms with Gasteiger partial charge in [0.05, 0.1) is 12.8 Å². The fraction of sp³-hybridized carbons (Fsp3) is 0.231. The summed E-state index contributed by atoms with van der Waals surface area (Å²) in [5, 5.41) is 4.68. The Morgan fingerprint density at radius 2 is 2.06 bits per heavy atom. The van der Waals surface area contributed by atoms with Crippen LogP contribution in [0.5, 0.6) is 0 Å². The Labute approximate surface area is 111 Å². The van der Waals surface area contributed by atoms with Gasteiger partial charge in [0.1, 0.15) is 5.76 Å². The van der Waals surface area contributed by atoms with Crippen LogP contribution in [0.4, 0.5) is 0 Å². The van der Waals surface area contributed by atoms with Crippen LogP contribution in [0, 0.1) is 0 Å². The maximum Gasteiger partial charge on any atom is 0.117 e. The first-order valence-corrected chi connectivity index (χ1v) is 6.18. The van der Waals surface area contributed by atoms with Crippen LogP contribution in [0.25, 0.3) is 0 Å². The SMILES string of the molecule is Clc1ccc(CCNCc2ccco2)c(Cl)c1. The van der Waals surface area contributed by atoms with Crippen LogP contribution in [0.1, 0.15) is 11.3 Å². The average molecular weight is 270 g/mol. The van der Waals surface area contributed by atoms with Crippen LogP contribution in [-0.2, 0) is 13.0 Å². The summed E-state index contributed by atoms with van der Waals surface area (Å²) in [4.78, 5) is 0. The first-order valence-electron chi connectivity index (χ1n) is 5.43. The van der Waals surface area contributed by atoms with E-state index in [4.69, 9.17) is 27.6 Å². The summed E-state index contributed by atoms with van der Waals surface area (Å²) in [5.74, 6) is 0.937. The largest absolute Gasteiger partial charge is 0.468 e. The van der Waals surface area contributed by atoms with E-state index < -0.39 is 0 Å². The molecule has 0 amide bonds. The quantitative estimate of drug-likeness (QED) is 0.833. The molecule has 0 saturated heterocycles. The molecular weight excluding hydrogens is 257 g/mol. The van der Waals surface area contributed by atoms with Gasteiger partial charge in [0, 0.05) is 10.0 Å². The molecule has 1 aromatic carbocycles. The topological polar surface area (TPSA) is 25.2 Å². The number of hydrogen-bond acceptors (Lipinski definition) is 2. The zero-order chi connectivity index (χ0) is 12.1. The Hall–Kier alpha value is -0.960. The lowest BCUT2D eigenvalue weighted by atomic mass is 10.1. The molecule has 1 heterocycles. The Kier molecular flexibility index (Phi) is 4.49. The van der Waals surface area contributed by atoms with Crippen molar-refractivity contribution in [1.29, 1.82) is 0 Å². The normalized spacial score (nSPS) is 10.7. The lowest BCUT2D eigenvalue weighted by Gasteiger charge is -2.05. The van der Waals surface area contributed by atoms with Gasteiger partial charge in [0.15, 0.2) is 0 Å². The second-order valence-corrected chi connectivity index (χ2v) is 4.59. The van der Waals surface area contributed by atoms with Crippen molar-refractivity contribution < 1.29 is 4.42 Å². The van der Waals surface area contributed by atoms with Crippen LogP contribution in [0.3, 0.4) is 0 Å². The molecule has 0 atom stereocenters. The van der Waals surface area contributed by atoms with Gasteiger partial charge >= 0.3 is 0 Å². The molecule has 1 aromatic heterocycles. The van der Waals surface area contributed by atoms with Crippen molar-refractivity contribution in [1.82, 2.24) is 5.32 Å². The number of nitrogens with one attached hydrogen (secondary N) is 1. The number of rotatable bonds is 5. The predicted molar refractivity (Wildman–Crippen MR) is 70.6 cm³/mol. The highest BCUT2D eigenvalue weighted by atomic mass is 35.5. The first kappa shape index (κ1) is 12.5. The Morgan fingerprint density at radius 1 is 1.18 bits per heavy atom. The highest BCUT2D eigenvalue weighted by Gasteiger charge is 2.01. The van der Waals surface area contributed by atoms with Crippen molar-refractivity contribution in [3.63, 3.8) is 0 Å². The smallest absolute Gasteiger partial charge is 0.117 e. The molecule has 2 nitrogen and oxygen atoms in total. The minimum absolute atomic E-state index is 0.669. The second kappa shape index (κ2) is 6.10. The van der Waals surface area contributed by atoms with Gasteiger partial charge in [-0.15, -0.1) is 0 Å². The van der Waals surface area contributed by atoms with Crippen LogP contribution in [0.15, 0.2) is 41.0 Å². The molecule has 90 valence electrons. The molecule has 0 spiro atoms. The summed E-state index contributed by atoms with van der Waals surface area (Å²) in [6, 6.07) is 9.41. The van der Waals surface area contributed by atoms with E-state index in [1.807, 2.05) is 24.3 Å². The summed E-state index contributed by atoms with van der Waals surface area (Å²) < 4.78 is 5.22. The summed E-state index contributed by atoms with van der Waals surface area (Å²) in [7, 11) is 0. The van der Waals surface area contributed by atoms with Crippen molar-refractivity contribution in [3.05, 3.63) is 58.0 Å². The minimum atomic E-state index is 0.669. The Balaban J connectivity index is 1.78. The second-order valence-electron chi connectivity index (χ2n) is 3.74. The maximum absolute atomic E-state index is 6.08. The van der Waals surface area contributed by atoms with Gasteiger partial charge in [-0.2, -0.15) is 0 Å². The summed E-state index contributed by atoms with van der Waals surface area (Å²) >= 11 is 11.9. The molecule has 4 heteroatoms. The van der Waals surface area contributed by atoms with Gasteiger partial charge in [0.25, 0.3) is 0 Å². The molecule has 0 aliphatic rings. The van der Waals surface area contributed by atoms with E-state index in [9.17, 15) is 0 Å². The molecule has 2 aromatic rings. The summed E-state index contributed by atoms with van der Waals surface area (Å²) in [6.45, 7) is 1.58. The van der Waals surface area contributed by atoms with E-state index in [2.05, 4.69) is 5.32 Å². The standard InChI is InChI=1S/C13H13Cl2NO/c14-11-4-3-10(13(15)8-11)5-6-16-9-12-2-1-7-17-12/h1-4,7-8,16H,5-6,9H2. The molecule has 0 aliphatic carbocycles. The molecule has 0 bridgehead atoms. The minimum Gasteiger partial charge on any atom is -0.468 e. The van der Waals surface area contributed by atoms with Crippen molar-refractivity contribution in [2.24, 2.45) is 0 Å². The van der Waals surface area contributed by atoms with E-state index in [-0.39, 0.29) is 0 Å². The van der Waals surface area contributed by atoms with Gasteiger partial charge in [0.2, 0.25) is 0 Å². The molecule has 17 heavy (non-hydrogen) atoms. The van der Waals surface area contributed by atoms with E-state index in [1.54, 1.807) is 12.3 Å². The van der Waals surface area contributed by atoms with Gasteiger partial charge in [-0.1, -0.05) is 29.3 Å². The third-order valence-electron chi connectivity index (χ3n) is 2.47. The van der Waals surface area contributed by atoms with Gasteiger partial charge in [-0.3, -0.25) is 0 Å². The highest BCUT2D eigenvalue weighted by Crippen LogP contribution is 2.21. The van der Waals surface area contributed by atoms with Crippen molar-refractivity contribution >= 4 is 23.2 Å². The zero-order valence-electron chi connectivity index (χ0n) is 9.25. The van der Waals surface area contributed by atoms with Crippen molar-refractivity contribution in [2.75, 3.05) is 6.54 Å². The van der Waals surface area contributed by atoms with Crippen molar-refractivity contribution in [3.8, 4) is 0 Å². The number of halogens is 2. The number of benzene rings is 1. The average Bonchev–Trinajstić information content (AvgIpc) is 2.79. The van der Waals surface area contributed by atoms with E-state index >= 15 is 0 Å². The Bertz CT molecular complexity index is 468. The third-order valence-corrected chi connectivity index (χ3v) is 3.05. The summed E-state index contributed by atoms with van der Waals surface area (Å²) in [5.41, 5.74) is 1.10. The molecule has 0 unspecified atom stereocenters. The lowest BCUT2D eigenvalue weighted by Crippen LogP contribution is -2.16. The molecule has 0 aliphatic heterocycles. The van der Waals surface area contributed by atoms with Gasteiger partial charge in [-0.05, 0) is 42.8 Å². The van der Waals surface area contributed by atoms with E-state index in [0.717, 1.165) is 35.9 Å². The van der Waals surface area contributed by atoms with Gasteiger partial charge < -0.3 is 9.73 Å². The maximum atomic E-state index is 6.08. The number of furan rings is 1.